The molecule has 2 aromatic carbocycles. The van der Waals surface area contributed by atoms with Crippen LogP contribution < -0.4 is 5.32 Å². The first-order valence-corrected chi connectivity index (χ1v) is 10.3. The lowest BCUT2D eigenvalue weighted by Crippen LogP contribution is -2.47. The zero-order valence-corrected chi connectivity index (χ0v) is 17.4. The number of benzene rings is 2. The Morgan fingerprint density at radius 2 is 1.54 bits per heavy atom. The molecule has 28 heavy (non-hydrogen) atoms. The molecule has 0 aliphatic carbocycles. The first kappa shape index (κ1) is 21.6. The van der Waals surface area contributed by atoms with Gasteiger partial charge in [0.2, 0.25) is 5.91 Å². The van der Waals surface area contributed by atoms with Crippen LogP contribution in [0.15, 0.2) is 35.2 Å². The number of rotatable bonds is 6. The monoisotopic (exact) mass is 404 g/mol. The topological polar surface area (TPSA) is 106 Å². The van der Waals surface area contributed by atoms with Crippen molar-refractivity contribution in [2.75, 3.05) is 0 Å². The van der Waals surface area contributed by atoms with Crippen molar-refractivity contribution in [3.05, 3.63) is 73.8 Å². The summed E-state index contributed by atoms with van der Waals surface area (Å²) in [5, 5.41) is 13.6. The van der Waals surface area contributed by atoms with Crippen molar-refractivity contribution in [1.29, 1.82) is 0 Å². The molecule has 2 aromatic rings. The highest BCUT2D eigenvalue weighted by Gasteiger charge is 2.40. The Labute approximate surface area is 164 Å². The van der Waals surface area contributed by atoms with E-state index < -0.39 is 26.2 Å². The summed E-state index contributed by atoms with van der Waals surface area (Å²) in [6, 6.07) is 8.63. The van der Waals surface area contributed by atoms with Gasteiger partial charge in [0, 0.05) is 0 Å². The molecule has 1 N–H and O–H groups in total. The fraction of sp³-hybridized carbons (Fsp3) is 0.350. The Hall–Kier alpha value is -2.74. The lowest BCUT2D eigenvalue weighted by atomic mass is 9.97. The van der Waals surface area contributed by atoms with E-state index in [1.807, 2.05) is 32.9 Å². The SMILES string of the molecule is Cc1cc(C)c(CC(=O)NC([N+](=O)[O-])S(=O)(=O)c2c(C)cccc2C)c(C)c1. The molecule has 1 atom stereocenters. The van der Waals surface area contributed by atoms with Crippen LogP contribution >= 0.6 is 0 Å². The van der Waals surface area contributed by atoms with Crippen molar-refractivity contribution in [2.45, 2.75) is 51.4 Å². The van der Waals surface area contributed by atoms with E-state index in [2.05, 4.69) is 5.32 Å². The van der Waals surface area contributed by atoms with Crippen LogP contribution in [0.4, 0.5) is 0 Å². The molecule has 0 saturated heterocycles. The molecule has 0 bridgehead atoms. The fourth-order valence-corrected chi connectivity index (χ4v) is 5.21. The molecular formula is C20H24N2O5S. The number of sulfone groups is 1. The number of nitrogens with zero attached hydrogens (tertiary/aromatic N) is 1. The predicted octanol–water partition coefficient (Wildman–Crippen LogP) is 2.92. The third kappa shape index (κ3) is 4.39. The van der Waals surface area contributed by atoms with E-state index in [1.165, 1.54) is 0 Å². The van der Waals surface area contributed by atoms with Crippen LogP contribution in [0.25, 0.3) is 0 Å². The third-order valence-electron chi connectivity index (χ3n) is 4.64. The Kier molecular flexibility index (Phi) is 6.23. The van der Waals surface area contributed by atoms with Crippen LogP contribution in [-0.2, 0) is 21.1 Å². The predicted molar refractivity (Wildman–Crippen MR) is 106 cm³/mol. The summed E-state index contributed by atoms with van der Waals surface area (Å²) in [5.74, 6) is -0.716. The zero-order chi connectivity index (χ0) is 21.2. The van der Waals surface area contributed by atoms with Gasteiger partial charge < -0.3 is 0 Å². The van der Waals surface area contributed by atoms with Crippen molar-refractivity contribution >= 4 is 15.7 Å². The van der Waals surface area contributed by atoms with Crippen LogP contribution in [0.2, 0.25) is 0 Å². The molecule has 150 valence electrons. The Bertz CT molecular complexity index is 1000. The van der Waals surface area contributed by atoms with Crippen molar-refractivity contribution in [1.82, 2.24) is 5.32 Å². The summed E-state index contributed by atoms with van der Waals surface area (Å²) in [6.07, 6.45) is -0.134. The summed E-state index contributed by atoms with van der Waals surface area (Å²) >= 11 is 0. The summed E-state index contributed by atoms with van der Waals surface area (Å²) in [6.45, 7) is 8.77. The van der Waals surface area contributed by atoms with Crippen LogP contribution in [0.1, 0.15) is 33.4 Å². The maximum absolute atomic E-state index is 12.9. The minimum absolute atomic E-state index is 0.125. The van der Waals surface area contributed by atoms with Gasteiger partial charge in [0.05, 0.1) is 16.2 Å². The summed E-state index contributed by atoms with van der Waals surface area (Å²) < 4.78 is 25.9. The largest absolute Gasteiger partial charge is 0.391 e. The first-order chi connectivity index (χ1) is 12.9. The molecule has 7 nitrogen and oxygen atoms in total. The highest BCUT2D eigenvalue weighted by molar-refractivity contribution is 7.92. The average molecular weight is 404 g/mol. The molecule has 0 fully saturated rings. The minimum Gasteiger partial charge on any atom is -0.280 e. The molecule has 0 spiro atoms. The van der Waals surface area contributed by atoms with Gasteiger partial charge in [-0.15, -0.1) is 0 Å². The van der Waals surface area contributed by atoms with E-state index in [0.29, 0.717) is 11.1 Å². The quantitative estimate of drug-likeness (QED) is 0.453. The Balaban J connectivity index is 2.36. The van der Waals surface area contributed by atoms with Crippen molar-refractivity contribution in [3.63, 3.8) is 0 Å². The lowest BCUT2D eigenvalue weighted by molar-refractivity contribution is -0.501. The molecule has 0 aliphatic rings. The molecule has 0 aliphatic heterocycles. The second-order valence-electron chi connectivity index (χ2n) is 7.03. The summed E-state index contributed by atoms with van der Waals surface area (Å²) in [5.41, 5.74) is 2.07. The molecule has 0 aromatic heterocycles. The molecule has 0 radical (unpaired) electrons. The van der Waals surface area contributed by atoms with E-state index >= 15 is 0 Å². The van der Waals surface area contributed by atoms with Crippen LogP contribution in [0, 0.1) is 44.7 Å². The number of hydrogen-bond acceptors (Lipinski definition) is 5. The number of amides is 1. The van der Waals surface area contributed by atoms with Crippen LogP contribution in [-0.4, -0.2) is 24.7 Å². The summed E-state index contributed by atoms with van der Waals surface area (Å²) in [7, 11) is -4.41. The van der Waals surface area contributed by atoms with Crippen LogP contribution in [0.5, 0.6) is 0 Å². The molecule has 2 rings (SSSR count). The third-order valence-corrected chi connectivity index (χ3v) is 6.73. The van der Waals surface area contributed by atoms with E-state index in [1.54, 1.807) is 32.0 Å². The highest BCUT2D eigenvalue weighted by Crippen LogP contribution is 2.24. The number of carbonyl (C=O) groups is 1. The zero-order valence-electron chi connectivity index (χ0n) is 16.6. The van der Waals surface area contributed by atoms with Gasteiger partial charge in [-0.05, 0) is 62.4 Å². The van der Waals surface area contributed by atoms with Gasteiger partial charge in [0.1, 0.15) is 0 Å². The van der Waals surface area contributed by atoms with E-state index in [-0.39, 0.29) is 11.3 Å². The second-order valence-corrected chi connectivity index (χ2v) is 8.97. The lowest BCUT2D eigenvalue weighted by Gasteiger charge is -2.16. The Morgan fingerprint density at radius 3 is 2.00 bits per heavy atom. The van der Waals surface area contributed by atoms with Gasteiger partial charge in [-0.3, -0.25) is 20.2 Å². The number of carbonyl (C=O) groups excluding carboxylic acids is 1. The van der Waals surface area contributed by atoms with Crippen molar-refractivity contribution in [2.24, 2.45) is 0 Å². The molecule has 1 amide bonds. The Morgan fingerprint density at radius 1 is 1.04 bits per heavy atom. The standard InChI is InChI=1S/C20H24N2O5S/c1-12-9-15(4)17(16(5)10-12)11-18(23)21-20(22(24)25)28(26,27)19-13(2)7-6-8-14(19)3/h6-10,20H,11H2,1-5H3,(H,21,23). The number of hydrogen-bond donors (Lipinski definition) is 1. The maximum atomic E-state index is 12.9. The van der Waals surface area contributed by atoms with Gasteiger partial charge in [0.15, 0.2) is 0 Å². The number of nitrogens with one attached hydrogen (secondary N) is 1. The average Bonchev–Trinajstić information content (AvgIpc) is 2.55. The first-order valence-electron chi connectivity index (χ1n) is 8.75. The van der Waals surface area contributed by atoms with E-state index in [9.17, 15) is 23.3 Å². The van der Waals surface area contributed by atoms with Gasteiger partial charge in [-0.25, -0.2) is 8.42 Å². The molecule has 0 saturated carbocycles. The van der Waals surface area contributed by atoms with E-state index in [0.717, 1.165) is 22.3 Å². The number of aryl methyl sites for hydroxylation is 5. The normalized spacial score (nSPS) is 12.5. The molecule has 8 heteroatoms. The van der Waals surface area contributed by atoms with Gasteiger partial charge in [-0.2, -0.15) is 0 Å². The minimum atomic E-state index is -4.41. The van der Waals surface area contributed by atoms with Crippen molar-refractivity contribution < 1.29 is 18.1 Å². The highest BCUT2D eigenvalue weighted by atomic mass is 32.2. The van der Waals surface area contributed by atoms with Gasteiger partial charge >= 0.3 is 5.50 Å². The van der Waals surface area contributed by atoms with Crippen LogP contribution in [0.3, 0.4) is 0 Å². The van der Waals surface area contributed by atoms with E-state index in [4.69, 9.17) is 0 Å². The fourth-order valence-electron chi connectivity index (χ4n) is 3.44. The second kappa shape index (κ2) is 8.10. The molecule has 0 heterocycles. The van der Waals surface area contributed by atoms with Crippen molar-refractivity contribution in [3.8, 4) is 0 Å². The van der Waals surface area contributed by atoms with Gasteiger partial charge in [-0.1, -0.05) is 35.9 Å². The number of nitro groups is 1. The summed E-state index contributed by atoms with van der Waals surface area (Å²) in [4.78, 5) is 22.9. The molecule has 1 unspecified atom stereocenters. The molecular weight excluding hydrogens is 380 g/mol. The van der Waals surface area contributed by atoms with Gasteiger partial charge in [0.25, 0.3) is 9.84 Å². The smallest absolute Gasteiger partial charge is 0.280 e. The maximum Gasteiger partial charge on any atom is 0.391 e.